The van der Waals surface area contributed by atoms with Crippen molar-refractivity contribution in [2.75, 3.05) is 7.11 Å². The molecule has 0 saturated heterocycles. The Morgan fingerprint density at radius 1 is 1.14 bits per heavy atom. The number of fused-ring (bicyclic) bond motifs is 1. The van der Waals surface area contributed by atoms with Gasteiger partial charge in [0.2, 0.25) is 0 Å². The van der Waals surface area contributed by atoms with Crippen LogP contribution in [-0.4, -0.2) is 24.0 Å². The number of esters is 1. The topological polar surface area (TPSA) is 55.7 Å². The largest absolute Gasteiger partial charge is 0.469 e. The van der Waals surface area contributed by atoms with E-state index in [2.05, 4.69) is 40.1 Å². The smallest absolute Gasteiger partial charge is 0.315 e. The van der Waals surface area contributed by atoms with Gasteiger partial charge in [0.25, 0.3) is 5.91 Å². The van der Waals surface area contributed by atoms with Crippen LogP contribution in [0.5, 0.6) is 0 Å². The molecule has 2 aromatic rings. The van der Waals surface area contributed by atoms with Crippen molar-refractivity contribution < 1.29 is 14.3 Å². The van der Waals surface area contributed by atoms with Crippen LogP contribution in [-0.2, 0) is 20.1 Å². The van der Waals surface area contributed by atoms with Crippen LogP contribution >= 0.6 is 11.8 Å². The highest BCUT2D eigenvalue weighted by molar-refractivity contribution is 8.13. The summed E-state index contributed by atoms with van der Waals surface area (Å²) in [7, 11) is 1.25. The number of hydrogen-bond donors (Lipinski definition) is 0. The zero-order valence-electron chi connectivity index (χ0n) is 12.5. The van der Waals surface area contributed by atoms with Gasteiger partial charge in [-0.15, -0.1) is 11.8 Å². The number of benzene rings is 2. The van der Waals surface area contributed by atoms with E-state index < -0.39 is 11.9 Å². The van der Waals surface area contributed by atoms with Crippen molar-refractivity contribution in [2.45, 2.75) is 19.1 Å². The number of nitrogens with zero attached hydrogens (tertiary/aromatic N) is 1. The van der Waals surface area contributed by atoms with Crippen LogP contribution in [0.1, 0.15) is 18.9 Å². The van der Waals surface area contributed by atoms with Crippen LogP contribution in [0.15, 0.2) is 47.5 Å². The van der Waals surface area contributed by atoms with Gasteiger partial charge in [-0.3, -0.25) is 9.59 Å². The Labute approximate surface area is 133 Å². The molecule has 22 heavy (non-hydrogen) atoms. The molecule has 0 aromatic heterocycles. The van der Waals surface area contributed by atoms with E-state index in [0.29, 0.717) is 5.04 Å². The first-order valence-electron chi connectivity index (χ1n) is 6.84. The molecule has 4 nitrogen and oxygen atoms in total. The summed E-state index contributed by atoms with van der Waals surface area (Å²) in [6, 6.07) is 14.5. The quantitative estimate of drug-likeness (QED) is 0.374. The molecular weight excluding hydrogens is 298 g/mol. The number of aliphatic imine (C=N–C) groups is 1. The molecule has 0 aliphatic carbocycles. The number of ether oxygens (including phenoxy) is 1. The molecule has 0 bridgehead atoms. The van der Waals surface area contributed by atoms with Gasteiger partial charge < -0.3 is 4.74 Å². The van der Waals surface area contributed by atoms with E-state index in [1.165, 1.54) is 35.2 Å². The molecule has 5 heteroatoms. The second kappa shape index (κ2) is 7.75. The zero-order chi connectivity index (χ0) is 15.9. The maximum Gasteiger partial charge on any atom is 0.315 e. The maximum absolute atomic E-state index is 11.5. The average molecular weight is 315 g/mol. The molecule has 0 aliphatic rings. The van der Waals surface area contributed by atoms with Gasteiger partial charge in [0, 0.05) is 5.75 Å². The van der Waals surface area contributed by atoms with Gasteiger partial charge in [-0.1, -0.05) is 42.5 Å². The summed E-state index contributed by atoms with van der Waals surface area (Å²) in [5.41, 5.74) is 1.17. The molecule has 0 aliphatic heterocycles. The van der Waals surface area contributed by atoms with Gasteiger partial charge in [-0.2, -0.15) is 0 Å². The predicted octanol–water partition coefficient (Wildman–Crippen LogP) is 3.58. The van der Waals surface area contributed by atoms with Crippen LogP contribution in [0.2, 0.25) is 0 Å². The summed E-state index contributed by atoms with van der Waals surface area (Å²) < 4.78 is 4.44. The normalized spacial score (nSPS) is 11.5. The summed E-state index contributed by atoms with van der Waals surface area (Å²) in [5.74, 6) is -0.317. The number of hydrogen-bond acceptors (Lipinski definition) is 4. The van der Waals surface area contributed by atoms with Gasteiger partial charge in [-0.05, 0) is 23.3 Å². The van der Waals surface area contributed by atoms with Crippen molar-refractivity contribution in [3.05, 3.63) is 48.0 Å². The molecule has 0 radical (unpaired) electrons. The third kappa shape index (κ3) is 4.70. The maximum atomic E-state index is 11.5. The Morgan fingerprint density at radius 3 is 2.59 bits per heavy atom. The van der Waals surface area contributed by atoms with E-state index in [1.807, 2.05) is 12.1 Å². The lowest BCUT2D eigenvalue weighted by atomic mass is 10.1. The highest BCUT2D eigenvalue weighted by atomic mass is 32.2. The minimum atomic E-state index is -0.568. The predicted molar refractivity (Wildman–Crippen MR) is 90.0 cm³/mol. The van der Waals surface area contributed by atoms with Crippen molar-refractivity contribution in [1.82, 2.24) is 0 Å². The van der Waals surface area contributed by atoms with Crippen LogP contribution in [0.3, 0.4) is 0 Å². The van der Waals surface area contributed by atoms with Crippen LogP contribution in [0.25, 0.3) is 10.8 Å². The average Bonchev–Trinajstić information content (AvgIpc) is 2.52. The lowest BCUT2D eigenvalue weighted by Gasteiger charge is -2.04. The zero-order valence-corrected chi connectivity index (χ0v) is 13.4. The first-order valence-corrected chi connectivity index (χ1v) is 7.82. The molecule has 2 aromatic carbocycles. The monoisotopic (exact) mass is 315 g/mol. The van der Waals surface area contributed by atoms with Crippen molar-refractivity contribution in [2.24, 2.45) is 4.99 Å². The highest BCUT2D eigenvalue weighted by Gasteiger charge is 2.08. The molecule has 0 atom stereocenters. The first kappa shape index (κ1) is 16.2. The lowest BCUT2D eigenvalue weighted by Crippen LogP contribution is -2.08. The Bertz CT molecular complexity index is 725. The van der Waals surface area contributed by atoms with Gasteiger partial charge >= 0.3 is 5.97 Å². The van der Waals surface area contributed by atoms with Gasteiger partial charge in [0.05, 0.1) is 12.2 Å². The number of methoxy groups -OCH3 is 1. The minimum Gasteiger partial charge on any atom is -0.469 e. The molecule has 0 fully saturated rings. The van der Waals surface area contributed by atoms with E-state index in [4.69, 9.17) is 0 Å². The summed E-state index contributed by atoms with van der Waals surface area (Å²) in [6.07, 6.45) is -0.315. The summed E-state index contributed by atoms with van der Waals surface area (Å²) >= 11 is 1.48. The molecule has 114 valence electrons. The number of carbonyl (C=O) groups is 2. The fourth-order valence-corrected chi connectivity index (χ4v) is 2.68. The molecular formula is C17H17NO3S. The Morgan fingerprint density at radius 2 is 1.86 bits per heavy atom. The second-order valence-corrected chi connectivity index (χ2v) is 5.92. The fraction of sp³-hybridized carbons (Fsp3) is 0.235. The highest BCUT2D eigenvalue weighted by Crippen LogP contribution is 2.20. The Hall–Kier alpha value is -2.14. The molecule has 0 saturated carbocycles. The van der Waals surface area contributed by atoms with Crippen LogP contribution in [0, 0.1) is 0 Å². The van der Waals surface area contributed by atoms with E-state index in [9.17, 15) is 9.59 Å². The van der Waals surface area contributed by atoms with E-state index in [1.54, 1.807) is 6.92 Å². The molecule has 2 rings (SSSR count). The number of thioether (sulfide) groups is 1. The number of amides is 1. The fourth-order valence-electron chi connectivity index (χ4n) is 1.96. The van der Waals surface area contributed by atoms with E-state index >= 15 is 0 Å². The van der Waals surface area contributed by atoms with Crippen LogP contribution in [0.4, 0.5) is 0 Å². The standard InChI is InChI=1S/C17H17NO3S/c1-12(18-16(19)10-17(20)21-2)22-11-13-7-8-14-5-3-4-6-15(14)9-13/h3-9H,10-11H2,1-2H3. The molecule has 0 unspecified atom stereocenters. The van der Waals surface area contributed by atoms with E-state index in [-0.39, 0.29) is 6.42 Å². The molecule has 0 heterocycles. The summed E-state index contributed by atoms with van der Waals surface area (Å²) in [5, 5.41) is 3.04. The SMILES string of the molecule is COC(=O)CC(=O)N=C(C)SCc1ccc2ccccc2c1. The van der Waals surface area contributed by atoms with Crippen LogP contribution < -0.4 is 0 Å². The van der Waals surface area contributed by atoms with Gasteiger partial charge in [-0.25, -0.2) is 4.99 Å². The van der Waals surface area contributed by atoms with Crippen molar-refractivity contribution >= 4 is 39.5 Å². The molecule has 0 spiro atoms. The van der Waals surface area contributed by atoms with Crippen molar-refractivity contribution in [3.8, 4) is 0 Å². The molecule has 0 N–H and O–H groups in total. The first-order chi connectivity index (χ1) is 10.6. The van der Waals surface area contributed by atoms with Gasteiger partial charge in [0.15, 0.2) is 0 Å². The summed E-state index contributed by atoms with van der Waals surface area (Å²) in [6.45, 7) is 1.76. The Kier molecular flexibility index (Phi) is 5.72. The van der Waals surface area contributed by atoms with Crippen molar-refractivity contribution in [3.63, 3.8) is 0 Å². The lowest BCUT2D eigenvalue weighted by molar-refractivity contribution is -0.143. The minimum absolute atomic E-state index is 0.315. The number of carbonyl (C=O) groups excluding carboxylic acids is 2. The molecule has 1 amide bonds. The van der Waals surface area contributed by atoms with E-state index in [0.717, 1.165) is 5.75 Å². The van der Waals surface area contributed by atoms with Gasteiger partial charge in [0.1, 0.15) is 6.42 Å². The third-order valence-corrected chi connectivity index (χ3v) is 4.05. The van der Waals surface area contributed by atoms with Crippen molar-refractivity contribution in [1.29, 1.82) is 0 Å². The second-order valence-electron chi connectivity index (χ2n) is 4.75. The summed E-state index contributed by atoms with van der Waals surface area (Å²) in [4.78, 5) is 26.4. The number of rotatable bonds is 4. The Balaban J connectivity index is 1.95. The third-order valence-electron chi connectivity index (χ3n) is 3.07.